The number of hydrogen-bond acceptors (Lipinski definition) is 3. The quantitative estimate of drug-likeness (QED) is 0.713. The normalized spacial score (nSPS) is 14.3. The van der Waals surface area contributed by atoms with E-state index in [2.05, 4.69) is 27.9 Å². The number of carbonyl (C=O) groups is 2. The van der Waals surface area contributed by atoms with Gasteiger partial charge in [-0.3, -0.25) is 4.79 Å². The molecule has 0 aromatic heterocycles. The fourth-order valence-corrected chi connectivity index (χ4v) is 3.01. The Morgan fingerprint density at radius 1 is 1.27 bits per heavy atom. The van der Waals surface area contributed by atoms with Gasteiger partial charge in [-0.25, -0.2) is 4.79 Å². The first-order chi connectivity index (χ1) is 10.2. The average molecular weight is 416 g/mol. The zero-order valence-corrected chi connectivity index (χ0v) is 15.5. The summed E-state index contributed by atoms with van der Waals surface area (Å²) in [4.78, 5) is 25.1. The Labute approximate surface area is 144 Å². The summed E-state index contributed by atoms with van der Waals surface area (Å²) in [7, 11) is 0. The average Bonchev–Trinajstić information content (AvgIpc) is 2.36. The molecule has 0 bridgehead atoms. The van der Waals surface area contributed by atoms with Gasteiger partial charge in [-0.2, -0.15) is 0 Å². The first-order valence-electron chi connectivity index (χ1n) is 7.22. The summed E-state index contributed by atoms with van der Waals surface area (Å²) in [5, 5.41) is 2.84. The molecule has 0 fully saturated rings. The molecule has 1 aliphatic rings. The minimum Gasteiger partial charge on any atom is -0.444 e. The lowest BCUT2D eigenvalue weighted by Gasteiger charge is -2.31. The molecule has 0 saturated carbocycles. The zero-order valence-electron chi connectivity index (χ0n) is 13.3. The molecule has 1 heterocycles. The summed E-state index contributed by atoms with van der Waals surface area (Å²) < 4.78 is 6.40. The molecule has 2 amide bonds. The molecule has 0 unspecified atom stereocenters. The van der Waals surface area contributed by atoms with Gasteiger partial charge in [0.15, 0.2) is 0 Å². The number of carbonyl (C=O) groups excluding carboxylic acids is 2. The Bertz CT molecular complexity index is 608. The van der Waals surface area contributed by atoms with Crippen molar-refractivity contribution in [3.05, 3.63) is 26.8 Å². The van der Waals surface area contributed by atoms with Gasteiger partial charge in [0.2, 0.25) is 5.91 Å². The first-order valence-corrected chi connectivity index (χ1v) is 8.30. The second-order valence-electron chi connectivity index (χ2n) is 6.43. The van der Waals surface area contributed by atoms with Crippen LogP contribution in [0.2, 0.25) is 0 Å². The van der Waals surface area contributed by atoms with E-state index in [-0.39, 0.29) is 12.0 Å². The predicted octanol–water partition coefficient (Wildman–Crippen LogP) is 3.54. The number of rotatable bonds is 1. The van der Waals surface area contributed by atoms with E-state index in [1.807, 2.05) is 32.9 Å². The first kappa shape index (κ1) is 17.1. The third-order valence-electron chi connectivity index (χ3n) is 3.26. The maximum absolute atomic E-state index is 12.2. The highest BCUT2D eigenvalue weighted by Gasteiger charge is 2.26. The molecule has 0 aliphatic carbocycles. The van der Waals surface area contributed by atoms with E-state index >= 15 is 0 Å². The van der Waals surface area contributed by atoms with Crippen molar-refractivity contribution in [3.63, 3.8) is 0 Å². The van der Waals surface area contributed by atoms with Crippen LogP contribution < -0.4 is 5.32 Å². The van der Waals surface area contributed by atoms with Gasteiger partial charge in [0.1, 0.15) is 5.60 Å². The summed E-state index contributed by atoms with van der Waals surface area (Å²) in [6.07, 6.45) is 0.483. The van der Waals surface area contributed by atoms with Crippen LogP contribution in [0.4, 0.5) is 10.5 Å². The number of ether oxygens (including phenoxy) is 1. The minimum atomic E-state index is -0.485. The number of amides is 2. The molecule has 1 aromatic rings. The fourth-order valence-electron chi connectivity index (χ4n) is 2.35. The van der Waals surface area contributed by atoms with E-state index in [4.69, 9.17) is 4.74 Å². The lowest BCUT2D eigenvalue weighted by molar-refractivity contribution is -0.114. The van der Waals surface area contributed by atoms with Gasteiger partial charge in [0.05, 0.1) is 5.69 Å². The van der Waals surface area contributed by atoms with Crippen molar-refractivity contribution in [2.75, 3.05) is 11.9 Å². The summed E-state index contributed by atoms with van der Waals surface area (Å²) in [6, 6.07) is 4.03. The van der Waals surface area contributed by atoms with Gasteiger partial charge in [0.25, 0.3) is 0 Å². The number of halogens is 1. The van der Waals surface area contributed by atoms with Crippen molar-refractivity contribution in [2.45, 2.75) is 46.3 Å². The van der Waals surface area contributed by atoms with E-state index in [1.165, 1.54) is 12.5 Å². The van der Waals surface area contributed by atoms with Crippen molar-refractivity contribution < 1.29 is 14.3 Å². The van der Waals surface area contributed by atoms with Gasteiger partial charge in [-0.15, -0.1) is 0 Å². The molecule has 2 rings (SSSR count). The van der Waals surface area contributed by atoms with Crippen LogP contribution in [0.5, 0.6) is 0 Å². The summed E-state index contributed by atoms with van der Waals surface area (Å²) >= 11 is 2.20. The number of nitrogens with zero attached hydrogens (tertiary/aromatic N) is 1. The monoisotopic (exact) mass is 416 g/mol. The Kier molecular flexibility index (Phi) is 4.99. The Morgan fingerprint density at radius 2 is 1.95 bits per heavy atom. The van der Waals surface area contributed by atoms with Crippen LogP contribution in [0.25, 0.3) is 0 Å². The van der Waals surface area contributed by atoms with Crippen molar-refractivity contribution >= 4 is 40.3 Å². The van der Waals surface area contributed by atoms with Crippen LogP contribution in [0.3, 0.4) is 0 Å². The Hall–Kier alpha value is -1.31. The second kappa shape index (κ2) is 6.44. The lowest BCUT2D eigenvalue weighted by Crippen LogP contribution is -2.40. The van der Waals surface area contributed by atoms with Crippen LogP contribution >= 0.6 is 22.6 Å². The van der Waals surface area contributed by atoms with Crippen LogP contribution in [-0.4, -0.2) is 29.0 Å². The maximum Gasteiger partial charge on any atom is 0.410 e. The molecule has 5 nitrogen and oxygen atoms in total. The standard InChI is InChI=1S/C16H21IN2O3/c1-10(20)18-14-8-11-5-6-19(9-12(11)7-13(14)17)15(21)22-16(2,3)4/h7-8H,5-6,9H2,1-4H3,(H,18,20). The van der Waals surface area contributed by atoms with Crippen LogP contribution in [-0.2, 0) is 22.5 Å². The van der Waals surface area contributed by atoms with E-state index in [0.717, 1.165) is 21.2 Å². The SMILES string of the molecule is CC(=O)Nc1cc2c(cc1I)CN(C(=O)OC(C)(C)C)CC2. The topological polar surface area (TPSA) is 58.6 Å². The van der Waals surface area contributed by atoms with Crippen LogP contribution in [0, 0.1) is 3.57 Å². The zero-order chi connectivity index (χ0) is 16.5. The lowest BCUT2D eigenvalue weighted by atomic mass is 9.99. The highest BCUT2D eigenvalue weighted by molar-refractivity contribution is 14.1. The third-order valence-corrected chi connectivity index (χ3v) is 4.16. The maximum atomic E-state index is 12.2. The van der Waals surface area contributed by atoms with Crippen LogP contribution in [0.1, 0.15) is 38.8 Å². The van der Waals surface area contributed by atoms with Crippen molar-refractivity contribution in [2.24, 2.45) is 0 Å². The molecule has 0 radical (unpaired) electrons. The van der Waals surface area contributed by atoms with Gasteiger partial charge in [-0.1, -0.05) is 0 Å². The molecule has 0 atom stereocenters. The molecule has 22 heavy (non-hydrogen) atoms. The number of hydrogen-bond donors (Lipinski definition) is 1. The van der Waals surface area contributed by atoms with Crippen molar-refractivity contribution in [1.82, 2.24) is 4.90 Å². The van der Waals surface area contributed by atoms with Crippen molar-refractivity contribution in [1.29, 1.82) is 0 Å². The van der Waals surface area contributed by atoms with Crippen molar-refractivity contribution in [3.8, 4) is 0 Å². The van der Waals surface area contributed by atoms with E-state index in [9.17, 15) is 9.59 Å². The molecular formula is C16H21IN2O3. The number of fused-ring (bicyclic) bond motifs is 1. The molecule has 120 valence electrons. The minimum absolute atomic E-state index is 0.0796. The fraction of sp³-hybridized carbons (Fsp3) is 0.500. The molecule has 1 aliphatic heterocycles. The molecule has 1 aromatic carbocycles. The van der Waals surface area contributed by atoms with E-state index in [1.54, 1.807) is 4.90 Å². The Morgan fingerprint density at radius 3 is 2.55 bits per heavy atom. The largest absolute Gasteiger partial charge is 0.444 e. The van der Waals surface area contributed by atoms with Gasteiger partial charge >= 0.3 is 6.09 Å². The molecule has 0 spiro atoms. The molecule has 0 saturated heterocycles. The van der Waals surface area contributed by atoms with Gasteiger partial charge in [-0.05, 0) is 73.0 Å². The van der Waals surface area contributed by atoms with Gasteiger partial charge in [0, 0.05) is 23.6 Å². The Balaban J connectivity index is 2.16. The smallest absolute Gasteiger partial charge is 0.410 e. The number of benzene rings is 1. The number of anilines is 1. The van der Waals surface area contributed by atoms with E-state index < -0.39 is 5.60 Å². The van der Waals surface area contributed by atoms with E-state index in [0.29, 0.717) is 13.1 Å². The van der Waals surface area contributed by atoms with Crippen LogP contribution in [0.15, 0.2) is 12.1 Å². The summed E-state index contributed by atoms with van der Waals surface area (Å²) in [6.45, 7) is 8.27. The number of nitrogens with one attached hydrogen (secondary N) is 1. The third kappa shape index (κ3) is 4.34. The molecule has 6 heteroatoms. The molecular weight excluding hydrogens is 395 g/mol. The molecule has 1 N–H and O–H groups in total. The predicted molar refractivity (Wildman–Crippen MR) is 93.8 cm³/mol. The highest BCUT2D eigenvalue weighted by atomic mass is 127. The highest BCUT2D eigenvalue weighted by Crippen LogP contribution is 2.28. The van der Waals surface area contributed by atoms with Gasteiger partial charge < -0.3 is 15.0 Å². The summed E-state index contributed by atoms with van der Waals surface area (Å²) in [5.74, 6) is -0.0796. The summed E-state index contributed by atoms with van der Waals surface area (Å²) in [5.41, 5.74) is 2.62. The second-order valence-corrected chi connectivity index (χ2v) is 7.60.